The van der Waals surface area contributed by atoms with Crippen LogP contribution in [0.3, 0.4) is 0 Å². The number of ether oxygens (including phenoxy) is 2. The first-order valence-corrected chi connectivity index (χ1v) is 9.24. The highest BCUT2D eigenvalue weighted by molar-refractivity contribution is 7.89. The smallest absolute Gasteiger partial charge is 0.238 e. The van der Waals surface area contributed by atoms with Crippen LogP contribution in [0, 0.1) is 0 Å². The maximum Gasteiger partial charge on any atom is 0.238 e. The van der Waals surface area contributed by atoms with Crippen LogP contribution in [-0.4, -0.2) is 28.6 Å². The molecule has 0 bridgehead atoms. The minimum absolute atomic E-state index is 0.0661. The number of nitrogens with zero attached hydrogens (tertiary/aromatic N) is 1. The Morgan fingerprint density at radius 2 is 1.65 bits per heavy atom. The lowest BCUT2D eigenvalue weighted by Gasteiger charge is -2.09. The normalized spacial score (nSPS) is 11.9. The van der Waals surface area contributed by atoms with Gasteiger partial charge in [0.25, 0.3) is 0 Å². The summed E-state index contributed by atoms with van der Waals surface area (Å²) in [7, 11) is -0.541. The molecule has 2 rings (SSSR count). The molecule has 0 unspecified atom stereocenters. The number of sulfonamides is 1. The Bertz CT molecular complexity index is 880. The Balaban J connectivity index is 1.94. The average molecular weight is 378 g/mol. The number of aliphatic imine (C=N–C) groups is 1. The second-order valence-electron chi connectivity index (χ2n) is 5.43. The summed E-state index contributed by atoms with van der Waals surface area (Å²) in [6.45, 7) is 0.787. The van der Waals surface area contributed by atoms with Gasteiger partial charge >= 0.3 is 0 Å². The average Bonchev–Trinajstić information content (AvgIpc) is 2.64. The minimum Gasteiger partial charge on any atom is -0.493 e. The number of benzene rings is 2. The zero-order valence-electron chi connectivity index (χ0n) is 14.6. The van der Waals surface area contributed by atoms with Crippen LogP contribution in [0.1, 0.15) is 11.1 Å². The van der Waals surface area contributed by atoms with Gasteiger partial charge in [0.15, 0.2) is 17.5 Å². The van der Waals surface area contributed by atoms with E-state index >= 15 is 0 Å². The predicted molar refractivity (Wildman–Crippen MR) is 99.5 cm³/mol. The third-order valence-corrected chi connectivity index (χ3v) is 4.53. The van der Waals surface area contributed by atoms with Gasteiger partial charge in [-0.3, -0.25) is 0 Å². The molecule has 140 valence electrons. The molecule has 0 aliphatic rings. The van der Waals surface area contributed by atoms with E-state index < -0.39 is 10.0 Å². The van der Waals surface area contributed by atoms with Gasteiger partial charge in [-0.2, -0.15) is 0 Å². The lowest BCUT2D eigenvalue weighted by Crippen LogP contribution is -2.31. The fourth-order valence-corrected chi connectivity index (χ4v) is 2.72. The second kappa shape index (κ2) is 8.54. The topological polar surface area (TPSA) is 129 Å². The largest absolute Gasteiger partial charge is 0.493 e. The maximum absolute atomic E-state index is 11.2. The molecular weight excluding hydrogens is 356 g/mol. The molecule has 0 atom stereocenters. The van der Waals surface area contributed by atoms with Gasteiger partial charge < -0.3 is 20.5 Å². The fourth-order valence-electron chi connectivity index (χ4n) is 2.20. The Morgan fingerprint density at radius 3 is 2.23 bits per heavy atom. The van der Waals surface area contributed by atoms with E-state index in [0.717, 1.165) is 11.1 Å². The quantitative estimate of drug-likeness (QED) is 0.486. The number of guanidine groups is 1. The first-order chi connectivity index (χ1) is 12.3. The summed E-state index contributed by atoms with van der Waals surface area (Å²) in [6, 6.07) is 11.7. The second-order valence-corrected chi connectivity index (χ2v) is 6.99. The van der Waals surface area contributed by atoms with Gasteiger partial charge in [0.1, 0.15) is 0 Å². The third-order valence-electron chi connectivity index (χ3n) is 3.61. The molecule has 0 saturated carbocycles. The summed E-state index contributed by atoms with van der Waals surface area (Å²) >= 11 is 0. The van der Waals surface area contributed by atoms with Crippen LogP contribution >= 0.6 is 0 Å². The van der Waals surface area contributed by atoms with Gasteiger partial charge in [-0.25, -0.2) is 18.5 Å². The summed E-state index contributed by atoms with van der Waals surface area (Å²) in [5, 5.41) is 8.03. The monoisotopic (exact) mass is 378 g/mol. The highest BCUT2D eigenvalue weighted by Gasteiger charge is 2.07. The van der Waals surface area contributed by atoms with Crippen molar-refractivity contribution in [2.75, 3.05) is 14.2 Å². The first kappa shape index (κ1) is 19.5. The lowest BCUT2D eigenvalue weighted by atomic mass is 10.2. The van der Waals surface area contributed by atoms with Crippen molar-refractivity contribution < 1.29 is 17.9 Å². The van der Waals surface area contributed by atoms with E-state index in [4.69, 9.17) is 20.3 Å². The highest BCUT2D eigenvalue weighted by Crippen LogP contribution is 2.27. The summed E-state index contributed by atoms with van der Waals surface area (Å²) in [5.41, 5.74) is 7.63. The lowest BCUT2D eigenvalue weighted by molar-refractivity contribution is 0.354. The molecule has 5 N–H and O–H groups in total. The minimum atomic E-state index is -3.69. The molecule has 26 heavy (non-hydrogen) atoms. The summed E-state index contributed by atoms with van der Waals surface area (Å²) < 4.78 is 32.9. The molecular formula is C17H22N4O4S. The van der Waals surface area contributed by atoms with Crippen molar-refractivity contribution in [3.05, 3.63) is 53.6 Å². The molecule has 0 heterocycles. The number of hydrogen-bond donors (Lipinski definition) is 3. The third kappa shape index (κ3) is 5.36. The van der Waals surface area contributed by atoms with Crippen molar-refractivity contribution in [3.8, 4) is 11.5 Å². The van der Waals surface area contributed by atoms with Crippen molar-refractivity contribution in [1.82, 2.24) is 5.32 Å². The van der Waals surface area contributed by atoms with Gasteiger partial charge in [0.2, 0.25) is 10.0 Å². The molecule has 0 aliphatic heterocycles. The number of rotatable bonds is 7. The van der Waals surface area contributed by atoms with Crippen LogP contribution in [0.15, 0.2) is 52.4 Å². The highest BCUT2D eigenvalue weighted by atomic mass is 32.2. The Morgan fingerprint density at radius 1 is 1.04 bits per heavy atom. The number of methoxy groups -OCH3 is 2. The van der Waals surface area contributed by atoms with Gasteiger partial charge in [0.05, 0.1) is 25.7 Å². The molecule has 2 aromatic rings. The standard InChI is InChI=1S/C17H22N4O4S/c1-24-15-8-5-13(9-16(15)25-2)11-21-17(18)20-10-12-3-6-14(7-4-12)26(19,22)23/h3-9H,10-11H2,1-2H3,(H3,18,20,21)(H2,19,22,23). The van der Waals surface area contributed by atoms with E-state index in [2.05, 4.69) is 10.3 Å². The fraction of sp³-hybridized carbons (Fsp3) is 0.235. The molecule has 0 aromatic heterocycles. The molecule has 0 radical (unpaired) electrons. The van der Waals surface area contributed by atoms with Crippen molar-refractivity contribution in [2.24, 2.45) is 15.9 Å². The molecule has 0 aliphatic carbocycles. The maximum atomic E-state index is 11.2. The van der Waals surface area contributed by atoms with Gasteiger partial charge in [-0.1, -0.05) is 18.2 Å². The van der Waals surface area contributed by atoms with Gasteiger partial charge in [0, 0.05) is 6.54 Å². The van der Waals surface area contributed by atoms with Crippen LogP contribution < -0.4 is 25.7 Å². The Hall–Kier alpha value is -2.78. The van der Waals surface area contributed by atoms with Crippen LogP contribution in [0.25, 0.3) is 0 Å². The molecule has 0 saturated heterocycles. The van der Waals surface area contributed by atoms with Crippen molar-refractivity contribution in [3.63, 3.8) is 0 Å². The zero-order valence-corrected chi connectivity index (χ0v) is 15.4. The SMILES string of the molecule is COc1ccc(CN=C(N)NCc2ccc(S(N)(=O)=O)cc2)cc1OC. The number of nitrogens with one attached hydrogen (secondary N) is 1. The van der Waals surface area contributed by atoms with E-state index in [9.17, 15) is 8.42 Å². The van der Waals surface area contributed by atoms with E-state index in [-0.39, 0.29) is 10.9 Å². The van der Waals surface area contributed by atoms with Crippen molar-refractivity contribution in [2.45, 2.75) is 18.0 Å². The molecule has 0 spiro atoms. The van der Waals surface area contributed by atoms with Gasteiger partial charge in [-0.05, 0) is 35.4 Å². The van der Waals surface area contributed by atoms with Crippen molar-refractivity contribution >= 4 is 16.0 Å². The number of hydrogen-bond acceptors (Lipinski definition) is 5. The van der Waals surface area contributed by atoms with E-state index in [0.29, 0.717) is 24.6 Å². The predicted octanol–water partition coefficient (Wildman–Crippen LogP) is 0.956. The molecule has 8 nitrogen and oxygen atoms in total. The molecule has 0 amide bonds. The van der Waals surface area contributed by atoms with E-state index in [1.165, 1.54) is 12.1 Å². The zero-order chi connectivity index (χ0) is 19.2. The molecule has 2 aromatic carbocycles. The Kier molecular flexibility index (Phi) is 6.42. The van der Waals surface area contributed by atoms with Gasteiger partial charge in [-0.15, -0.1) is 0 Å². The summed E-state index contributed by atoms with van der Waals surface area (Å²) in [4.78, 5) is 4.33. The van der Waals surface area contributed by atoms with Crippen LogP contribution in [0.4, 0.5) is 0 Å². The van der Waals surface area contributed by atoms with E-state index in [1.807, 2.05) is 12.1 Å². The number of nitrogens with two attached hydrogens (primary N) is 2. The van der Waals surface area contributed by atoms with Crippen molar-refractivity contribution in [1.29, 1.82) is 0 Å². The molecule has 0 fully saturated rings. The van der Waals surface area contributed by atoms with E-state index in [1.54, 1.807) is 32.4 Å². The summed E-state index contributed by atoms with van der Waals surface area (Å²) in [6.07, 6.45) is 0. The van der Waals surface area contributed by atoms with Crippen LogP contribution in [0.2, 0.25) is 0 Å². The van der Waals surface area contributed by atoms with Crippen LogP contribution in [0.5, 0.6) is 11.5 Å². The first-order valence-electron chi connectivity index (χ1n) is 7.70. The van der Waals surface area contributed by atoms with Crippen LogP contribution in [-0.2, 0) is 23.1 Å². The Labute approximate surface area is 152 Å². The number of primary sulfonamides is 1. The summed E-state index contributed by atoms with van der Waals surface area (Å²) in [5.74, 6) is 1.55. The molecule has 9 heteroatoms.